The molecular weight excluding hydrogens is 210 g/mol. The van der Waals surface area contributed by atoms with Crippen LogP contribution in [0.2, 0.25) is 0 Å². The third kappa shape index (κ3) is 3.37. The van der Waals surface area contributed by atoms with Crippen LogP contribution in [0.3, 0.4) is 0 Å². The molecule has 0 aliphatic carbocycles. The van der Waals surface area contributed by atoms with E-state index in [4.69, 9.17) is 5.11 Å². The summed E-state index contributed by atoms with van der Waals surface area (Å²) >= 11 is 0. The number of nitrogens with zero attached hydrogens (tertiary/aromatic N) is 1. The van der Waals surface area contributed by atoms with Crippen LogP contribution in [0.4, 0.5) is 4.79 Å². The molecule has 0 aromatic rings. The molecule has 16 heavy (non-hydrogen) atoms. The fourth-order valence-corrected chi connectivity index (χ4v) is 0.938. The minimum Gasteiger partial charge on any atom is -0.481 e. The number of carbonyl (C=O) groups excluding carboxylic acids is 1. The van der Waals surface area contributed by atoms with Gasteiger partial charge in [0.1, 0.15) is 0 Å². The molecule has 0 aromatic carbocycles. The summed E-state index contributed by atoms with van der Waals surface area (Å²) in [5.41, 5.74) is 0.579. The van der Waals surface area contributed by atoms with Crippen molar-refractivity contribution in [3.63, 3.8) is 0 Å². The predicted octanol–water partition coefficient (Wildman–Crippen LogP) is 0.652. The predicted molar refractivity (Wildman–Crippen MR) is 60.9 cm³/mol. The standard InChI is InChI=1S/C10H21N3O3/c1-9(2,7(14)15)10(3,4)11-8(16)12-13(5)6/h1-6H3,(H,14,15)(H2,11,12,16). The Morgan fingerprint density at radius 1 is 1.12 bits per heavy atom. The molecule has 0 saturated carbocycles. The number of hydrazine groups is 1. The van der Waals surface area contributed by atoms with E-state index in [-0.39, 0.29) is 0 Å². The Hall–Kier alpha value is -1.30. The number of hydrogen-bond acceptors (Lipinski definition) is 3. The lowest BCUT2D eigenvalue weighted by Gasteiger charge is -2.38. The number of carboxylic acid groups (broad SMARTS) is 1. The first-order chi connectivity index (χ1) is 7.00. The summed E-state index contributed by atoms with van der Waals surface area (Å²) < 4.78 is 0. The summed E-state index contributed by atoms with van der Waals surface area (Å²) in [6.45, 7) is 6.50. The Balaban J connectivity index is 4.69. The minimum absolute atomic E-state index is 0.427. The molecule has 94 valence electrons. The SMILES string of the molecule is CN(C)NC(=O)NC(C)(C)C(C)(C)C(=O)O. The van der Waals surface area contributed by atoms with Crippen LogP contribution < -0.4 is 10.7 Å². The normalized spacial score (nSPS) is 12.4. The fraction of sp³-hybridized carbons (Fsp3) is 0.800. The van der Waals surface area contributed by atoms with Crippen molar-refractivity contribution in [2.24, 2.45) is 5.41 Å². The molecule has 0 radical (unpaired) electrons. The van der Waals surface area contributed by atoms with Crippen molar-refractivity contribution in [1.29, 1.82) is 0 Å². The Kier molecular flexibility index (Phi) is 4.31. The van der Waals surface area contributed by atoms with E-state index in [0.717, 1.165) is 0 Å². The van der Waals surface area contributed by atoms with Crippen LogP contribution in [0.25, 0.3) is 0 Å². The van der Waals surface area contributed by atoms with Gasteiger partial charge in [-0.15, -0.1) is 0 Å². The summed E-state index contributed by atoms with van der Waals surface area (Å²) in [7, 11) is 3.35. The zero-order valence-corrected chi connectivity index (χ0v) is 10.7. The van der Waals surface area contributed by atoms with E-state index in [1.54, 1.807) is 41.8 Å². The number of urea groups is 1. The van der Waals surface area contributed by atoms with E-state index < -0.39 is 23.0 Å². The third-order valence-corrected chi connectivity index (χ3v) is 2.85. The van der Waals surface area contributed by atoms with Gasteiger partial charge in [-0.2, -0.15) is 0 Å². The average molecular weight is 231 g/mol. The third-order valence-electron chi connectivity index (χ3n) is 2.85. The molecule has 0 aromatic heterocycles. The molecule has 3 N–H and O–H groups in total. The van der Waals surface area contributed by atoms with E-state index >= 15 is 0 Å². The monoisotopic (exact) mass is 231 g/mol. The van der Waals surface area contributed by atoms with E-state index in [1.807, 2.05) is 0 Å². The fourth-order valence-electron chi connectivity index (χ4n) is 0.938. The molecule has 0 unspecified atom stereocenters. The molecule has 0 fully saturated rings. The lowest BCUT2D eigenvalue weighted by atomic mass is 9.74. The first kappa shape index (κ1) is 14.7. The lowest BCUT2D eigenvalue weighted by molar-refractivity contribution is -0.150. The zero-order chi connectivity index (χ0) is 13.1. The Morgan fingerprint density at radius 2 is 1.56 bits per heavy atom. The van der Waals surface area contributed by atoms with Gasteiger partial charge in [-0.25, -0.2) is 9.80 Å². The van der Waals surface area contributed by atoms with Crippen molar-refractivity contribution in [2.45, 2.75) is 33.2 Å². The van der Waals surface area contributed by atoms with Gasteiger partial charge in [-0.1, -0.05) is 0 Å². The molecule has 0 saturated heterocycles. The first-order valence-corrected chi connectivity index (χ1v) is 5.00. The molecule has 0 atom stereocenters. The van der Waals surface area contributed by atoms with Crippen molar-refractivity contribution in [3.05, 3.63) is 0 Å². The second-order valence-electron chi connectivity index (χ2n) is 5.02. The summed E-state index contributed by atoms with van der Waals surface area (Å²) in [5.74, 6) is -0.956. The lowest BCUT2D eigenvalue weighted by Crippen LogP contribution is -2.60. The molecule has 0 heterocycles. The van der Waals surface area contributed by atoms with Crippen molar-refractivity contribution in [2.75, 3.05) is 14.1 Å². The van der Waals surface area contributed by atoms with Crippen LogP contribution in [0, 0.1) is 5.41 Å². The van der Waals surface area contributed by atoms with Crippen molar-refractivity contribution < 1.29 is 14.7 Å². The van der Waals surface area contributed by atoms with Crippen LogP contribution in [-0.4, -0.2) is 41.8 Å². The number of carboxylic acids is 1. The van der Waals surface area contributed by atoms with E-state index in [1.165, 1.54) is 5.01 Å². The minimum atomic E-state index is -1.06. The molecule has 6 nitrogen and oxygen atoms in total. The second-order valence-corrected chi connectivity index (χ2v) is 5.02. The van der Waals surface area contributed by atoms with E-state index in [0.29, 0.717) is 0 Å². The van der Waals surface area contributed by atoms with Gasteiger partial charge in [0.15, 0.2) is 0 Å². The summed E-state index contributed by atoms with van der Waals surface area (Å²) in [4.78, 5) is 22.6. The summed E-state index contributed by atoms with van der Waals surface area (Å²) in [6, 6.07) is -0.427. The molecule has 6 heteroatoms. The van der Waals surface area contributed by atoms with Crippen LogP contribution >= 0.6 is 0 Å². The summed E-state index contributed by atoms with van der Waals surface area (Å²) in [6.07, 6.45) is 0. The van der Waals surface area contributed by atoms with Crippen LogP contribution in [0.15, 0.2) is 0 Å². The second kappa shape index (κ2) is 4.69. The number of hydrogen-bond donors (Lipinski definition) is 3. The van der Waals surface area contributed by atoms with Crippen molar-refractivity contribution in [3.8, 4) is 0 Å². The largest absolute Gasteiger partial charge is 0.481 e. The highest BCUT2D eigenvalue weighted by atomic mass is 16.4. The van der Waals surface area contributed by atoms with Gasteiger partial charge in [-0.05, 0) is 27.7 Å². The van der Waals surface area contributed by atoms with E-state index in [9.17, 15) is 9.59 Å². The highest BCUT2D eigenvalue weighted by molar-refractivity contribution is 5.79. The number of nitrogens with one attached hydrogen (secondary N) is 2. The maximum atomic E-state index is 11.5. The molecule has 0 aliphatic heterocycles. The molecule has 0 aliphatic rings. The molecule has 0 spiro atoms. The van der Waals surface area contributed by atoms with Gasteiger partial charge in [-0.3, -0.25) is 10.2 Å². The van der Waals surface area contributed by atoms with Gasteiger partial charge in [0, 0.05) is 14.1 Å². The Labute approximate surface area is 96.0 Å². The van der Waals surface area contributed by atoms with E-state index in [2.05, 4.69) is 10.7 Å². The zero-order valence-electron chi connectivity index (χ0n) is 10.7. The van der Waals surface area contributed by atoms with Crippen molar-refractivity contribution in [1.82, 2.24) is 15.8 Å². The maximum absolute atomic E-state index is 11.5. The van der Waals surface area contributed by atoms with Gasteiger partial charge < -0.3 is 10.4 Å². The molecule has 0 bridgehead atoms. The highest BCUT2D eigenvalue weighted by Crippen LogP contribution is 2.30. The number of carbonyl (C=O) groups is 2. The number of aliphatic carboxylic acids is 1. The van der Waals surface area contributed by atoms with Crippen LogP contribution in [0.5, 0.6) is 0 Å². The molecule has 0 rings (SSSR count). The first-order valence-electron chi connectivity index (χ1n) is 5.00. The number of amides is 2. The Bertz CT molecular complexity index is 285. The molecular formula is C10H21N3O3. The topological polar surface area (TPSA) is 81.7 Å². The van der Waals surface area contributed by atoms with Gasteiger partial charge in [0.05, 0.1) is 11.0 Å². The quantitative estimate of drug-likeness (QED) is 0.620. The molecule has 2 amide bonds. The Morgan fingerprint density at radius 3 is 1.88 bits per heavy atom. The maximum Gasteiger partial charge on any atom is 0.329 e. The smallest absolute Gasteiger partial charge is 0.329 e. The average Bonchev–Trinajstić information content (AvgIpc) is 1.99. The van der Waals surface area contributed by atoms with Crippen molar-refractivity contribution >= 4 is 12.0 Å². The van der Waals surface area contributed by atoms with Gasteiger partial charge in [0.2, 0.25) is 0 Å². The summed E-state index contributed by atoms with van der Waals surface area (Å²) in [5, 5.41) is 13.2. The number of rotatable bonds is 4. The highest BCUT2D eigenvalue weighted by Gasteiger charge is 2.44. The van der Waals surface area contributed by atoms with Crippen LogP contribution in [0.1, 0.15) is 27.7 Å². The van der Waals surface area contributed by atoms with Gasteiger partial charge in [0.25, 0.3) is 0 Å². The van der Waals surface area contributed by atoms with Crippen LogP contribution in [-0.2, 0) is 4.79 Å². The van der Waals surface area contributed by atoms with Gasteiger partial charge >= 0.3 is 12.0 Å².